The lowest BCUT2D eigenvalue weighted by Gasteiger charge is -2.13. The summed E-state index contributed by atoms with van der Waals surface area (Å²) in [6.07, 6.45) is 7.88. The summed E-state index contributed by atoms with van der Waals surface area (Å²) in [5, 5.41) is 6.39. The van der Waals surface area contributed by atoms with E-state index in [0.717, 1.165) is 29.8 Å². The van der Waals surface area contributed by atoms with E-state index in [0.29, 0.717) is 18.2 Å². The standard InChI is InChI=1S/C19H23N3O2/c1-24-18-9-5-2-6-14(18)12-21-17-10-15(11-20-13-17)19(23)22-16-7-3-4-8-16/h2,5-6,9-11,13,16,21H,3-4,7-8,12H2,1H3,(H,22,23). The number of methoxy groups -OCH3 is 1. The van der Waals surface area contributed by atoms with Crippen LogP contribution in [0, 0.1) is 0 Å². The van der Waals surface area contributed by atoms with Crippen LogP contribution in [0.3, 0.4) is 0 Å². The lowest BCUT2D eigenvalue weighted by atomic mass is 10.2. The Bertz CT molecular complexity index is 697. The zero-order valence-electron chi connectivity index (χ0n) is 13.9. The molecule has 1 heterocycles. The minimum atomic E-state index is -0.0460. The molecule has 1 aromatic carbocycles. The second-order valence-corrected chi connectivity index (χ2v) is 6.08. The molecule has 24 heavy (non-hydrogen) atoms. The molecule has 1 aliphatic carbocycles. The van der Waals surface area contributed by atoms with Crippen molar-refractivity contribution in [3.05, 3.63) is 53.9 Å². The van der Waals surface area contributed by atoms with E-state index in [2.05, 4.69) is 15.6 Å². The van der Waals surface area contributed by atoms with Crippen molar-refractivity contribution in [3.8, 4) is 5.75 Å². The van der Waals surface area contributed by atoms with Gasteiger partial charge in [0.05, 0.1) is 18.4 Å². The maximum Gasteiger partial charge on any atom is 0.253 e. The van der Waals surface area contributed by atoms with Crippen LogP contribution in [0.2, 0.25) is 0 Å². The highest BCUT2D eigenvalue weighted by Crippen LogP contribution is 2.20. The van der Waals surface area contributed by atoms with Crippen molar-refractivity contribution in [2.75, 3.05) is 12.4 Å². The molecule has 0 saturated heterocycles. The number of anilines is 1. The minimum absolute atomic E-state index is 0.0460. The van der Waals surface area contributed by atoms with Gasteiger partial charge in [0, 0.05) is 30.5 Å². The molecular weight excluding hydrogens is 302 g/mol. The molecule has 0 atom stereocenters. The molecule has 0 unspecified atom stereocenters. The second kappa shape index (κ2) is 7.81. The highest BCUT2D eigenvalue weighted by atomic mass is 16.5. The fraction of sp³-hybridized carbons (Fsp3) is 0.368. The molecule has 0 spiro atoms. The van der Waals surface area contributed by atoms with E-state index >= 15 is 0 Å². The third kappa shape index (κ3) is 4.04. The SMILES string of the molecule is COc1ccccc1CNc1cncc(C(=O)NC2CCCC2)c1. The number of nitrogens with zero attached hydrogens (tertiary/aromatic N) is 1. The van der Waals surface area contributed by atoms with E-state index in [1.807, 2.05) is 30.3 Å². The topological polar surface area (TPSA) is 63.2 Å². The summed E-state index contributed by atoms with van der Waals surface area (Å²) in [7, 11) is 1.66. The smallest absolute Gasteiger partial charge is 0.253 e. The molecule has 0 bridgehead atoms. The third-order valence-corrected chi connectivity index (χ3v) is 4.37. The third-order valence-electron chi connectivity index (χ3n) is 4.37. The highest BCUT2D eigenvalue weighted by molar-refractivity contribution is 5.94. The molecule has 5 heteroatoms. The van der Waals surface area contributed by atoms with Crippen LogP contribution in [0.25, 0.3) is 0 Å². The lowest BCUT2D eigenvalue weighted by Crippen LogP contribution is -2.32. The van der Waals surface area contributed by atoms with Gasteiger partial charge in [-0.2, -0.15) is 0 Å². The summed E-state index contributed by atoms with van der Waals surface area (Å²) >= 11 is 0. The van der Waals surface area contributed by atoms with Crippen molar-refractivity contribution in [3.63, 3.8) is 0 Å². The first-order valence-corrected chi connectivity index (χ1v) is 8.38. The largest absolute Gasteiger partial charge is 0.496 e. The number of carbonyl (C=O) groups is 1. The van der Waals surface area contributed by atoms with E-state index in [1.165, 1.54) is 12.8 Å². The Balaban J connectivity index is 1.63. The number of benzene rings is 1. The molecule has 2 N–H and O–H groups in total. The molecule has 1 saturated carbocycles. The average Bonchev–Trinajstić information content (AvgIpc) is 3.13. The number of ether oxygens (including phenoxy) is 1. The molecule has 5 nitrogen and oxygen atoms in total. The van der Waals surface area contributed by atoms with Crippen LogP contribution in [0.15, 0.2) is 42.7 Å². The van der Waals surface area contributed by atoms with E-state index in [1.54, 1.807) is 19.5 Å². The maximum absolute atomic E-state index is 12.3. The minimum Gasteiger partial charge on any atom is -0.496 e. The summed E-state index contributed by atoms with van der Waals surface area (Å²) in [6.45, 7) is 0.611. The quantitative estimate of drug-likeness (QED) is 0.855. The monoisotopic (exact) mass is 325 g/mol. The van der Waals surface area contributed by atoms with Gasteiger partial charge in [-0.1, -0.05) is 31.0 Å². The first-order chi connectivity index (χ1) is 11.8. The summed E-state index contributed by atoms with van der Waals surface area (Å²) in [5.74, 6) is 0.795. The molecule has 0 aliphatic heterocycles. The molecular formula is C19H23N3O2. The Morgan fingerprint density at radius 3 is 2.83 bits per heavy atom. The maximum atomic E-state index is 12.3. The number of hydrogen-bond acceptors (Lipinski definition) is 4. The van der Waals surface area contributed by atoms with E-state index in [9.17, 15) is 4.79 Å². The van der Waals surface area contributed by atoms with Crippen molar-refractivity contribution in [1.82, 2.24) is 10.3 Å². The van der Waals surface area contributed by atoms with Gasteiger partial charge in [-0.05, 0) is 25.0 Å². The van der Waals surface area contributed by atoms with Gasteiger partial charge in [0.25, 0.3) is 5.91 Å². The number of pyridine rings is 1. The van der Waals surface area contributed by atoms with Crippen molar-refractivity contribution in [2.24, 2.45) is 0 Å². The van der Waals surface area contributed by atoms with Gasteiger partial charge in [0.15, 0.2) is 0 Å². The van der Waals surface area contributed by atoms with Gasteiger partial charge in [-0.15, -0.1) is 0 Å². The Labute approximate surface area is 142 Å². The normalized spacial score (nSPS) is 14.4. The van der Waals surface area contributed by atoms with Crippen molar-refractivity contribution in [2.45, 2.75) is 38.3 Å². The molecule has 1 fully saturated rings. The van der Waals surface area contributed by atoms with Gasteiger partial charge in [0.1, 0.15) is 5.75 Å². The molecule has 126 valence electrons. The van der Waals surface area contributed by atoms with Crippen molar-refractivity contribution < 1.29 is 9.53 Å². The highest BCUT2D eigenvalue weighted by Gasteiger charge is 2.18. The zero-order chi connectivity index (χ0) is 16.8. The Morgan fingerprint density at radius 1 is 1.25 bits per heavy atom. The van der Waals surface area contributed by atoms with Gasteiger partial charge in [0.2, 0.25) is 0 Å². The van der Waals surface area contributed by atoms with Crippen LogP contribution in [0.1, 0.15) is 41.6 Å². The molecule has 0 radical (unpaired) electrons. The van der Waals surface area contributed by atoms with Crippen LogP contribution in [-0.4, -0.2) is 24.0 Å². The van der Waals surface area contributed by atoms with Crippen LogP contribution < -0.4 is 15.4 Å². The first-order valence-electron chi connectivity index (χ1n) is 8.38. The zero-order valence-corrected chi connectivity index (χ0v) is 13.9. The van der Waals surface area contributed by atoms with Gasteiger partial charge < -0.3 is 15.4 Å². The van der Waals surface area contributed by atoms with E-state index in [-0.39, 0.29) is 5.91 Å². The fourth-order valence-corrected chi connectivity index (χ4v) is 3.05. The summed E-state index contributed by atoms with van der Waals surface area (Å²) in [6, 6.07) is 10.0. The first kappa shape index (κ1) is 16.3. The molecule has 1 aromatic heterocycles. The molecule has 3 rings (SSSR count). The number of rotatable bonds is 6. The van der Waals surface area contributed by atoms with E-state index < -0.39 is 0 Å². The lowest BCUT2D eigenvalue weighted by molar-refractivity contribution is 0.0937. The molecule has 2 aromatic rings. The van der Waals surface area contributed by atoms with Crippen molar-refractivity contribution in [1.29, 1.82) is 0 Å². The summed E-state index contributed by atoms with van der Waals surface area (Å²) in [5.41, 5.74) is 2.47. The number of amides is 1. The van der Waals surface area contributed by atoms with Crippen LogP contribution in [0.5, 0.6) is 5.75 Å². The predicted molar refractivity (Wildman–Crippen MR) is 94.3 cm³/mol. The van der Waals surface area contributed by atoms with Crippen LogP contribution >= 0.6 is 0 Å². The number of para-hydroxylation sites is 1. The van der Waals surface area contributed by atoms with E-state index in [4.69, 9.17) is 4.74 Å². The Kier molecular flexibility index (Phi) is 5.31. The second-order valence-electron chi connectivity index (χ2n) is 6.08. The predicted octanol–water partition coefficient (Wildman–Crippen LogP) is 3.37. The number of carbonyl (C=O) groups excluding carboxylic acids is 1. The van der Waals surface area contributed by atoms with Gasteiger partial charge in [-0.3, -0.25) is 9.78 Å². The molecule has 1 amide bonds. The Morgan fingerprint density at radius 2 is 2.04 bits per heavy atom. The van der Waals surface area contributed by atoms with Gasteiger partial charge >= 0.3 is 0 Å². The molecule has 1 aliphatic rings. The van der Waals surface area contributed by atoms with Crippen LogP contribution in [-0.2, 0) is 6.54 Å². The van der Waals surface area contributed by atoms with Gasteiger partial charge in [-0.25, -0.2) is 0 Å². The summed E-state index contributed by atoms with van der Waals surface area (Å²) in [4.78, 5) is 16.5. The fourth-order valence-electron chi connectivity index (χ4n) is 3.05. The Hall–Kier alpha value is -2.56. The number of aromatic nitrogens is 1. The van der Waals surface area contributed by atoms with Crippen molar-refractivity contribution >= 4 is 11.6 Å². The summed E-state index contributed by atoms with van der Waals surface area (Å²) < 4.78 is 5.35. The average molecular weight is 325 g/mol. The van der Waals surface area contributed by atoms with Crippen LogP contribution in [0.4, 0.5) is 5.69 Å². The number of nitrogens with one attached hydrogen (secondary N) is 2. The number of hydrogen-bond donors (Lipinski definition) is 2.